The first kappa shape index (κ1) is 14.9. The lowest BCUT2D eigenvalue weighted by Crippen LogP contribution is -2.31. The van der Waals surface area contributed by atoms with Crippen molar-refractivity contribution in [1.82, 2.24) is 4.72 Å². The molecule has 7 heteroatoms. The summed E-state index contributed by atoms with van der Waals surface area (Å²) in [6.07, 6.45) is -0.710. The van der Waals surface area contributed by atoms with Gasteiger partial charge in [-0.25, -0.2) is 13.1 Å². The SMILES string of the molecule is C[C@@H](O)CNS(=O)(=O)Cc1ccc(Cl)cc1Br. The number of aliphatic hydroxyl groups excluding tert-OH is 1. The molecule has 4 nitrogen and oxygen atoms in total. The van der Waals surface area contributed by atoms with Gasteiger partial charge in [-0.1, -0.05) is 33.6 Å². The Bertz CT molecular complexity index is 490. The van der Waals surface area contributed by atoms with Crippen LogP contribution in [-0.2, 0) is 15.8 Å². The van der Waals surface area contributed by atoms with Gasteiger partial charge in [-0.15, -0.1) is 0 Å². The first-order valence-electron chi connectivity index (χ1n) is 4.89. The molecule has 0 saturated heterocycles. The van der Waals surface area contributed by atoms with Gasteiger partial charge in [-0.2, -0.15) is 0 Å². The second-order valence-corrected chi connectivity index (χ2v) is 6.79. The Labute approximate surface area is 114 Å². The van der Waals surface area contributed by atoms with Crippen molar-refractivity contribution in [1.29, 1.82) is 0 Å². The molecule has 0 saturated carbocycles. The van der Waals surface area contributed by atoms with Crippen LogP contribution in [-0.4, -0.2) is 26.2 Å². The predicted octanol–water partition coefficient (Wildman–Crippen LogP) is 1.90. The molecular weight excluding hydrogens is 330 g/mol. The highest BCUT2D eigenvalue weighted by atomic mass is 79.9. The molecule has 0 aliphatic rings. The molecule has 0 radical (unpaired) electrons. The van der Waals surface area contributed by atoms with E-state index in [2.05, 4.69) is 20.7 Å². The second-order valence-electron chi connectivity index (χ2n) is 3.69. The van der Waals surface area contributed by atoms with Crippen molar-refractivity contribution in [3.05, 3.63) is 33.3 Å². The highest BCUT2D eigenvalue weighted by Crippen LogP contribution is 2.22. The molecule has 1 aromatic rings. The van der Waals surface area contributed by atoms with Crippen molar-refractivity contribution in [2.45, 2.75) is 18.8 Å². The maximum absolute atomic E-state index is 11.7. The summed E-state index contributed by atoms with van der Waals surface area (Å²) in [6.45, 7) is 1.52. The largest absolute Gasteiger partial charge is 0.392 e. The smallest absolute Gasteiger partial charge is 0.215 e. The van der Waals surface area contributed by atoms with Crippen molar-refractivity contribution in [2.75, 3.05) is 6.54 Å². The summed E-state index contributed by atoms with van der Waals surface area (Å²) >= 11 is 9.02. The molecule has 96 valence electrons. The Balaban J connectivity index is 2.76. The lowest BCUT2D eigenvalue weighted by Gasteiger charge is -2.09. The van der Waals surface area contributed by atoms with Crippen molar-refractivity contribution >= 4 is 37.6 Å². The van der Waals surface area contributed by atoms with Gasteiger partial charge < -0.3 is 5.11 Å². The molecule has 0 aliphatic heterocycles. The van der Waals surface area contributed by atoms with Crippen LogP contribution < -0.4 is 4.72 Å². The van der Waals surface area contributed by atoms with Gasteiger partial charge >= 0.3 is 0 Å². The Morgan fingerprint density at radius 1 is 1.53 bits per heavy atom. The molecule has 1 atom stereocenters. The van der Waals surface area contributed by atoms with Crippen molar-refractivity contribution in [3.8, 4) is 0 Å². The molecule has 0 spiro atoms. The van der Waals surface area contributed by atoms with Crippen LogP contribution in [0.4, 0.5) is 0 Å². The Kier molecular flexibility index (Phi) is 5.40. The minimum Gasteiger partial charge on any atom is -0.392 e. The number of nitrogens with one attached hydrogen (secondary N) is 1. The quantitative estimate of drug-likeness (QED) is 0.859. The van der Waals surface area contributed by atoms with Crippen LogP contribution in [0.5, 0.6) is 0 Å². The lowest BCUT2D eigenvalue weighted by atomic mass is 10.2. The summed E-state index contributed by atoms with van der Waals surface area (Å²) in [4.78, 5) is 0. The second kappa shape index (κ2) is 6.15. The molecule has 0 fully saturated rings. The molecule has 0 unspecified atom stereocenters. The van der Waals surface area contributed by atoms with Crippen LogP contribution in [0.25, 0.3) is 0 Å². The van der Waals surface area contributed by atoms with Gasteiger partial charge in [0.1, 0.15) is 0 Å². The number of rotatable bonds is 5. The molecule has 1 rings (SSSR count). The average Bonchev–Trinajstić information content (AvgIpc) is 2.20. The van der Waals surface area contributed by atoms with E-state index in [9.17, 15) is 8.42 Å². The molecule has 0 bridgehead atoms. The molecule has 1 aromatic carbocycles. The molecule has 0 aromatic heterocycles. The number of halogens is 2. The van der Waals surface area contributed by atoms with Gasteiger partial charge in [0.15, 0.2) is 0 Å². The summed E-state index contributed by atoms with van der Waals surface area (Å²) < 4.78 is 26.3. The fraction of sp³-hybridized carbons (Fsp3) is 0.400. The third kappa shape index (κ3) is 5.35. The first-order valence-corrected chi connectivity index (χ1v) is 7.72. The van der Waals surface area contributed by atoms with E-state index in [1.54, 1.807) is 18.2 Å². The number of hydrogen-bond acceptors (Lipinski definition) is 3. The van der Waals surface area contributed by atoms with Crippen molar-refractivity contribution < 1.29 is 13.5 Å². The van der Waals surface area contributed by atoms with Crippen LogP contribution in [0.3, 0.4) is 0 Å². The Morgan fingerprint density at radius 3 is 2.71 bits per heavy atom. The highest BCUT2D eigenvalue weighted by molar-refractivity contribution is 9.10. The van der Waals surface area contributed by atoms with E-state index in [1.165, 1.54) is 6.92 Å². The minimum absolute atomic E-state index is 0.00748. The van der Waals surface area contributed by atoms with E-state index >= 15 is 0 Å². The van der Waals surface area contributed by atoms with Gasteiger partial charge in [0.2, 0.25) is 10.0 Å². The summed E-state index contributed by atoms with van der Waals surface area (Å²) in [5, 5.41) is 9.56. The predicted molar refractivity (Wildman–Crippen MR) is 71.5 cm³/mol. The maximum Gasteiger partial charge on any atom is 0.215 e. The van der Waals surface area contributed by atoms with E-state index in [-0.39, 0.29) is 12.3 Å². The molecule has 2 N–H and O–H groups in total. The maximum atomic E-state index is 11.7. The molecule has 17 heavy (non-hydrogen) atoms. The highest BCUT2D eigenvalue weighted by Gasteiger charge is 2.14. The minimum atomic E-state index is -3.45. The average molecular weight is 343 g/mol. The van der Waals surface area contributed by atoms with E-state index in [4.69, 9.17) is 16.7 Å². The van der Waals surface area contributed by atoms with E-state index < -0.39 is 16.1 Å². The number of aliphatic hydroxyl groups is 1. The fourth-order valence-corrected chi connectivity index (χ4v) is 3.41. The van der Waals surface area contributed by atoms with Gasteiger partial charge in [0.05, 0.1) is 11.9 Å². The van der Waals surface area contributed by atoms with Crippen LogP contribution in [0, 0.1) is 0 Å². The van der Waals surface area contributed by atoms with Gasteiger partial charge in [-0.05, 0) is 24.6 Å². The summed E-state index contributed by atoms with van der Waals surface area (Å²) in [5.41, 5.74) is 0.618. The van der Waals surface area contributed by atoms with E-state index in [0.717, 1.165) is 0 Å². The molecular formula is C10H13BrClNO3S. The zero-order valence-corrected chi connectivity index (χ0v) is 12.3. The molecule has 0 amide bonds. The fourth-order valence-electron chi connectivity index (χ4n) is 1.14. The topological polar surface area (TPSA) is 66.4 Å². The Hall–Kier alpha value is -0.140. The van der Waals surface area contributed by atoms with Crippen molar-refractivity contribution in [3.63, 3.8) is 0 Å². The lowest BCUT2D eigenvalue weighted by molar-refractivity contribution is 0.198. The zero-order chi connectivity index (χ0) is 13.1. The molecule has 0 heterocycles. The third-order valence-electron chi connectivity index (χ3n) is 1.96. The van der Waals surface area contributed by atoms with Gasteiger partial charge in [-0.3, -0.25) is 0 Å². The van der Waals surface area contributed by atoms with Gasteiger partial charge in [0, 0.05) is 16.0 Å². The normalized spacial score (nSPS) is 13.6. The van der Waals surface area contributed by atoms with Gasteiger partial charge in [0.25, 0.3) is 0 Å². The van der Waals surface area contributed by atoms with Crippen LogP contribution in [0.15, 0.2) is 22.7 Å². The third-order valence-corrected chi connectivity index (χ3v) is 4.23. The van der Waals surface area contributed by atoms with E-state index in [1.807, 2.05) is 0 Å². The van der Waals surface area contributed by atoms with Crippen molar-refractivity contribution in [2.24, 2.45) is 0 Å². The number of benzene rings is 1. The number of sulfonamides is 1. The van der Waals surface area contributed by atoms with E-state index in [0.29, 0.717) is 15.1 Å². The van der Waals surface area contributed by atoms with Crippen LogP contribution in [0.1, 0.15) is 12.5 Å². The number of hydrogen-bond donors (Lipinski definition) is 2. The summed E-state index contributed by atoms with van der Waals surface area (Å²) in [5.74, 6) is -0.155. The Morgan fingerprint density at radius 2 is 2.18 bits per heavy atom. The monoisotopic (exact) mass is 341 g/mol. The van der Waals surface area contributed by atoms with Crippen LogP contribution >= 0.6 is 27.5 Å². The first-order chi connectivity index (χ1) is 7.80. The van der Waals surface area contributed by atoms with Crippen LogP contribution in [0.2, 0.25) is 5.02 Å². The summed E-state index contributed by atoms with van der Waals surface area (Å²) in [7, 11) is -3.45. The summed E-state index contributed by atoms with van der Waals surface area (Å²) in [6, 6.07) is 4.92. The standard InChI is InChI=1S/C10H13BrClNO3S/c1-7(14)5-13-17(15,16)6-8-2-3-9(12)4-10(8)11/h2-4,7,13-14H,5-6H2,1H3/t7-/m1/s1. The zero-order valence-electron chi connectivity index (χ0n) is 9.15. The molecule has 0 aliphatic carbocycles.